The molecule has 2 aromatic carbocycles. The standard InChI is InChI=1S/C15H14F3N3O/c1-9-2-7-12(19)13(8-9)21-14(22)20-11-5-3-10(4-6-11)15(16,17)18/h2-8H,19H2,1H3,(H2,20,21,22). The molecule has 2 aromatic rings. The maximum atomic E-state index is 12.4. The molecule has 7 heteroatoms. The van der Waals surface area contributed by atoms with Crippen LogP contribution < -0.4 is 16.4 Å². The number of anilines is 3. The second-order valence-electron chi connectivity index (χ2n) is 4.74. The molecule has 4 nitrogen and oxygen atoms in total. The van der Waals surface area contributed by atoms with Crippen LogP contribution in [0.1, 0.15) is 11.1 Å². The first-order valence-electron chi connectivity index (χ1n) is 6.37. The van der Waals surface area contributed by atoms with Crippen molar-refractivity contribution in [1.29, 1.82) is 0 Å². The van der Waals surface area contributed by atoms with Crippen molar-refractivity contribution in [3.8, 4) is 0 Å². The monoisotopic (exact) mass is 309 g/mol. The van der Waals surface area contributed by atoms with E-state index in [9.17, 15) is 18.0 Å². The minimum atomic E-state index is -4.41. The Labute approximate surface area is 125 Å². The number of carbonyl (C=O) groups is 1. The smallest absolute Gasteiger partial charge is 0.397 e. The lowest BCUT2D eigenvalue weighted by Gasteiger charge is -2.11. The van der Waals surface area contributed by atoms with Crippen LogP contribution in [-0.4, -0.2) is 6.03 Å². The van der Waals surface area contributed by atoms with Gasteiger partial charge in [0.2, 0.25) is 0 Å². The Hall–Kier alpha value is -2.70. The Morgan fingerprint density at radius 2 is 1.68 bits per heavy atom. The third-order valence-corrected chi connectivity index (χ3v) is 2.93. The molecule has 0 radical (unpaired) electrons. The zero-order valence-electron chi connectivity index (χ0n) is 11.7. The van der Waals surface area contributed by atoms with Crippen molar-refractivity contribution in [2.24, 2.45) is 0 Å². The zero-order valence-corrected chi connectivity index (χ0v) is 11.7. The summed E-state index contributed by atoms with van der Waals surface area (Å²) >= 11 is 0. The maximum absolute atomic E-state index is 12.4. The van der Waals surface area contributed by atoms with Crippen molar-refractivity contribution in [3.63, 3.8) is 0 Å². The summed E-state index contributed by atoms with van der Waals surface area (Å²) < 4.78 is 37.3. The highest BCUT2D eigenvalue weighted by Crippen LogP contribution is 2.29. The lowest BCUT2D eigenvalue weighted by molar-refractivity contribution is -0.137. The highest BCUT2D eigenvalue weighted by Gasteiger charge is 2.29. The van der Waals surface area contributed by atoms with Crippen LogP contribution in [0, 0.1) is 6.92 Å². The molecule has 22 heavy (non-hydrogen) atoms. The van der Waals surface area contributed by atoms with E-state index < -0.39 is 17.8 Å². The van der Waals surface area contributed by atoms with Crippen LogP contribution >= 0.6 is 0 Å². The van der Waals surface area contributed by atoms with E-state index in [1.807, 2.05) is 6.92 Å². The van der Waals surface area contributed by atoms with Gasteiger partial charge in [-0.05, 0) is 48.9 Å². The van der Waals surface area contributed by atoms with E-state index in [1.165, 1.54) is 12.1 Å². The van der Waals surface area contributed by atoms with E-state index in [4.69, 9.17) is 5.73 Å². The van der Waals surface area contributed by atoms with Gasteiger partial charge in [0, 0.05) is 5.69 Å². The van der Waals surface area contributed by atoms with Crippen LogP contribution in [0.3, 0.4) is 0 Å². The van der Waals surface area contributed by atoms with Gasteiger partial charge in [-0.25, -0.2) is 4.79 Å². The van der Waals surface area contributed by atoms with Gasteiger partial charge in [-0.1, -0.05) is 6.07 Å². The zero-order chi connectivity index (χ0) is 16.3. The first-order valence-corrected chi connectivity index (χ1v) is 6.37. The number of nitrogens with two attached hydrogens (primary N) is 1. The SMILES string of the molecule is Cc1ccc(N)c(NC(=O)Nc2ccc(C(F)(F)F)cc2)c1. The third-order valence-electron chi connectivity index (χ3n) is 2.93. The van der Waals surface area contributed by atoms with Gasteiger partial charge in [0.25, 0.3) is 0 Å². The number of halogens is 3. The van der Waals surface area contributed by atoms with Gasteiger partial charge in [-0.2, -0.15) is 13.2 Å². The molecular formula is C15H14F3N3O. The molecule has 0 fully saturated rings. The summed E-state index contributed by atoms with van der Waals surface area (Å²) in [5.41, 5.74) is 6.95. The summed E-state index contributed by atoms with van der Waals surface area (Å²) in [6.07, 6.45) is -4.41. The topological polar surface area (TPSA) is 67.1 Å². The Morgan fingerprint density at radius 1 is 1.05 bits per heavy atom. The number of benzene rings is 2. The van der Waals surface area contributed by atoms with Crippen LogP contribution in [0.2, 0.25) is 0 Å². The molecule has 0 spiro atoms. The van der Waals surface area contributed by atoms with Crippen LogP contribution in [0.25, 0.3) is 0 Å². The Morgan fingerprint density at radius 3 is 2.27 bits per heavy atom. The van der Waals surface area contributed by atoms with E-state index in [2.05, 4.69) is 10.6 Å². The average Bonchev–Trinajstić information content (AvgIpc) is 2.42. The largest absolute Gasteiger partial charge is 0.416 e. The number of hydrogen-bond acceptors (Lipinski definition) is 2. The number of nitrogens with one attached hydrogen (secondary N) is 2. The van der Waals surface area contributed by atoms with Crippen molar-refractivity contribution in [2.45, 2.75) is 13.1 Å². The fraction of sp³-hybridized carbons (Fsp3) is 0.133. The fourth-order valence-electron chi connectivity index (χ4n) is 1.81. The molecule has 2 amide bonds. The molecule has 2 rings (SSSR count). The second-order valence-corrected chi connectivity index (χ2v) is 4.74. The maximum Gasteiger partial charge on any atom is 0.416 e. The summed E-state index contributed by atoms with van der Waals surface area (Å²) in [5.74, 6) is 0. The predicted octanol–water partition coefficient (Wildman–Crippen LogP) is 4.24. The normalized spacial score (nSPS) is 11.1. The van der Waals surface area contributed by atoms with Gasteiger partial charge in [-0.3, -0.25) is 0 Å². The van der Waals surface area contributed by atoms with Gasteiger partial charge in [0.05, 0.1) is 16.9 Å². The highest BCUT2D eigenvalue weighted by molar-refractivity contribution is 6.01. The molecule has 0 aromatic heterocycles. The average molecular weight is 309 g/mol. The van der Waals surface area contributed by atoms with E-state index >= 15 is 0 Å². The van der Waals surface area contributed by atoms with Gasteiger partial charge in [0.1, 0.15) is 0 Å². The number of alkyl halides is 3. The molecule has 116 valence electrons. The fourth-order valence-corrected chi connectivity index (χ4v) is 1.81. The summed E-state index contributed by atoms with van der Waals surface area (Å²) in [6.45, 7) is 1.85. The van der Waals surface area contributed by atoms with E-state index in [0.717, 1.165) is 17.7 Å². The molecule has 0 aliphatic carbocycles. The van der Waals surface area contributed by atoms with Crippen LogP contribution in [0.5, 0.6) is 0 Å². The second kappa shape index (κ2) is 5.97. The van der Waals surface area contributed by atoms with Crippen molar-refractivity contribution in [2.75, 3.05) is 16.4 Å². The molecule has 0 atom stereocenters. The number of hydrogen-bond donors (Lipinski definition) is 3. The van der Waals surface area contributed by atoms with Gasteiger partial charge in [0.15, 0.2) is 0 Å². The van der Waals surface area contributed by atoms with Crippen molar-refractivity contribution >= 4 is 23.1 Å². The first-order chi connectivity index (χ1) is 10.3. The number of amides is 2. The molecule has 4 N–H and O–H groups in total. The molecule has 0 heterocycles. The van der Waals surface area contributed by atoms with Crippen LogP contribution in [-0.2, 0) is 6.18 Å². The van der Waals surface area contributed by atoms with E-state index in [-0.39, 0.29) is 5.69 Å². The summed E-state index contributed by atoms with van der Waals surface area (Å²) in [4.78, 5) is 11.8. The predicted molar refractivity (Wildman–Crippen MR) is 79.7 cm³/mol. The molecule has 0 saturated heterocycles. The van der Waals surface area contributed by atoms with Crippen molar-refractivity contribution < 1.29 is 18.0 Å². The summed E-state index contributed by atoms with van der Waals surface area (Å²) in [5, 5.41) is 4.99. The minimum absolute atomic E-state index is 0.247. The molecular weight excluding hydrogens is 295 g/mol. The summed E-state index contributed by atoms with van der Waals surface area (Å²) in [6, 6.07) is 8.73. The quantitative estimate of drug-likeness (QED) is 0.726. The number of aryl methyl sites for hydroxylation is 1. The number of nitrogen functional groups attached to an aromatic ring is 1. The van der Waals surface area contributed by atoms with Gasteiger partial charge in [-0.15, -0.1) is 0 Å². The lowest BCUT2D eigenvalue weighted by Crippen LogP contribution is -2.20. The molecule has 0 saturated carbocycles. The number of rotatable bonds is 2. The summed E-state index contributed by atoms with van der Waals surface area (Å²) in [7, 11) is 0. The van der Waals surface area contributed by atoms with Gasteiger partial charge < -0.3 is 16.4 Å². The molecule has 0 bridgehead atoms. The first kappa shape index (κ1) is 15.7. The van der Waals surface area contributed by atoms with E-state index in [0.29, 0.717) is 11.4 Å². The Bertz CT molecular complexity index is 681. The number of carbonyl (C=O) groups excluding carboxylic acids is 1. The lowest BCUT2D eigenvalue weighted by atomic mass is 10.2. The van der Waals surface area contributed by atoms with Crippen molar-refractivity contribution in [1.82, 2.24) is 0 Å². The molecule has 0 aliphatic heterocycles. The molecule has 0 unspecified atom stereocenters. The third kappa shape index (κ3) is 3.91. The van der Waals surface area contributed by atoms with Gasteiger partial charge >= 0.3 is 12.2 Å². The van der Waals surface area contributed by atoms with E-state index in [1.54, 1.807) is 18.2 Å². The van der Waals surface area contributed by atoms with Crippen molar-refractivity contribution in [3.05, 3.63) is 53.6 Å². The number of urea groups is 1. The molecule has 0 aliphatic rings. The highest BCUT2D eigenvalue weighted by atomic mass is 19.4. The minimum Gasteiger partial charge on any atom is -0.397 e. The Kier molecular flexibility index (Phi) is 4.25. The Balaban J connectivity index is 2.04. The van der Waals surface area contributed by atoms with Crippen LogP contribution in [0.4, 0.5) is 35.0 Å². The van der Waals surface area contributed by atoms with Crippen LogP contribution in [0.15, 0.2) is 42.5 Å².